The van der Waals surface area contributed by atoms with Gasteiger partial charge in [-0.25, -0.2) is 5.43 Å². The number of rotatable bonds is 7. The van der Waals surface area contributed by atoms with E-state index in [2.05, 4.69) is 10.5 Å². The van der Waals surface area contributed by atoms with Gasteiger partial charge in [-0.2, -0.15) is 5.10 Å². The van der Waals surface area contributed by atoms with Gasteiger partial charge in [0.15, 0.2) is 0 Å². The summed E-state index contributed by atoms with van der Waals surface area (Å²) in [4.78, 5) is 27.1. The summed E-state index contributed by atoms with van der Waals surface area (Å²) in [6.07, 6.45) is 0.118. The highest BCUT2D eigenvalue weighted by molar-refractivity contribution is 6.06. The lowest BCUT2D eigenvalue weighted by atomic mass is 9.91. The highest BCUT2D eigenvalue weighted by atomic mass is 16.2. The van der Waals surface area contributed by atoms with E-state index in [1.54, 1.807) is 18.9 Å². The molecule has 0 saturated heterocycles. The minimum absolute atomic E-state index is 0.0978. The smallest absolute Gasteiger partial charge is 0.252 e. The molecule has 0 heterocycles. The van der Waals surface area contributed by atoms with Gasteiger partial charge in [0.1, 0.15) is 0 Å². The van der Waals surface area contributed by atoms with Crippen molar-refractivity contribution >= 4 is 23.2 Å². The minimum Gasteiger partial charge on any atom is -0.315 e. The highest BCUT2D eigenvalue weighted by Gasteiger charge is 2.22. The molecular formula is C25H25N3O2. The van der Waals surface area contributed by atoms with Crippen molar-refractivity contribution in [3.8, 4) is 0 Å². The van der Waals surface area contributed by atoms with Gasteiger partial charge in [-0.15, -0.1) is 0 Å². The molecule has 0 saturated carbocycles. The lowest BCUT2D eigenvalue weighted by molar-refractivity contribution is -0.122. The molecule has 5 nitrogen and oxygen atoms in total. The largest absolute Gasteiger partial charge is 0.315 e. The Morgan fingerprint density at radius 1 is 0.833 bits per heavy atom. The molecule has 0 bridgehead atoms. The number of carbonyl (C=O) groups is 2. The van der Waals surface area contributed by atoms with E-state index in [9.17, 15) is 9.59 Å². The van der Waals surface area contributed by atoms with E-state index in [1.807, 2.05) is 91.0 Å². The number of nitrogens with zero attached hydrogens (tertiary/aromatic N) is 2. The summed E-state index contributed by atoms with van der Waals surface area (Å²) in [5.74, 6) is -0.818. The number of benzene rings is 3. The van der Waals surface area contributed by atoms with Gasteiger partial charge in [-0.1, -0.05) is 78.9 Å². The van der Waals surface area contributed by atoms with Crippen LogP contribution in [0.4, 0.5) is 5.69 Å². The van der Waals surface area contributed by atoms with Crippen LogP contribution in [0.3, 0.4) is 0 Å². The number of hydrogen-bond acceptors (Lipinski definition) is 3. The average molecular weight is 399 g/mol. The van der Waals surface area contributed by atoms with Crippen LogP contribution in [0, 0.1) is 0 Å². The van der Waals surface area contributed by atoms with Crippen molar-refractivity contribution < 1.29 is 9.59 Å². The second kappa shape index (κ2) is 10.2. The molecule has 30 heavy (non-hydrogen) atoms. The minimum atomic E-state index is -0.480. The molecule has 2 amide bonds. The molecule has 0 fully saturated rings. The fourth-order valence-electron chi connectivity index (χ4n) is 3.17. The first kappa shape index (κ1) is 21.0. The molecule has 0 aliphatic rings. The van der Waals surface area contributed by atoms with Gasteiger partial charge in [0.2, 0.25) is 5.91 Å². The maximum absolute atomic E-state index is 13.0. The third kappa shape index (κ3) is 5.41. The normalized spacial score (nSPS) is 11.2. The Bertz CT molecular complexity index is 963. The van der Waals surface area contributed by atoms with Crippen LogP contribution in [-0.4, -0.2) is 24.6 Å². The maximum Gasteiger partial charge on any atom is 0.252 e. The van der Waals surface area contributed by atoms with Crippen LogP contribution in [0.2, 0.25) is 0 Å². The molecule has 3 aromatic carbocycles. The van der Waals surface area contributed by atoms with Crippen LogP contribution in [-0.2, 0) is 9.59 Å². The first-order valence-corrected chi connectivity index (χ1v) is 9.81. The Balaban J connectivity index is 1.70. The number of para-hydroxylation sites is 1. The summed E-state index contributed by atoms with van der Waals surface area (Å²) in [7, 11) is 1.73. The second-order valence-corrected chi connectivity index (χ2v) is 7.04. The van der Waals surface area contributed by atoms with Gasteiger partial charge in [0.25, 0.3) is 5.91 Å². The molecular weight excluding hydrogens is 374 g/mol. The topological polar surface area (TPSA) is 61.8 Å². The number of hydrogen-bond donors (Lipinski definition) is 1. The van der Waals surface area contributed by atoms with E-state index in [4.69, 9.17) is 0 Å². The summed E-state index contributed by atoms with van der Waals surface area (Å²) < 4.78 is 0. The average Bonchev–Trinajstić information content (AvgIpc) is 2.79. The molecule has 0 aliphatic carbocycles. The molecule has 0 aliphatic heterocycles. The Labute approximate surface area is 177 Å². The van der Waals surface area contributed by atoms with Crippen LogP contribution in [0.1, 0.15) is 30.4 Å². The molecule has 0 atom stereocenters. The fourth-order valence-corrected chi connectivity index (χ4v) is 3.17. The molecule has 3 aromatic rings. The van der Waals surface area contributed by atoms with Gasteiger partial charge in [0.05, 0.1) is 12.3 Å². The summed E-state index contributed by atoms with van der Waals surface area (Å²) in [6.45, 7) is 1.73. The van der Waals surface area contributed by atoms with E-state index in [0.717, 1.165) is 16.8 Å². The van der Waals surface area contributed by atoms with Gasteiger partial charge in [-0.3, -0.25) is 9.59 Å². The van der Waals surface area contributed by atoms with Crippen LogP contribution < -0.4 is 10.3 Å². The van der Waals surface area contributed by atoms with Crippen molar-refractivity contribution in [2.24, 2.45) is 5.10 Å². The van der Waals surface area contributed by atoms with Crippen molar-refractivity contribution in [3.63, 3.8) is 0 Å². The number of anilines is 1. The van der Waals surface area contributed by atoms with Crippen LogP contribution >= 0.6 is 0 Å². The quantitative estimate of drug-likeness (QED) is 0.474. The van der Waals surface area contributed by atoms with Gasteiger partial charge < -0.3 is 4.90 Å². The van der Waals surface area contributed by atoms with E-state index in [-0.39, 0.29) is 18.2 Å². The van der Waals surface area contributed by atoms with Gasteiger partial charge >= 0.3 is 0 Å². The van der Waals surface area contributed by atoms with Crippen molar-refractivity contribution in [2.75, 3.05) is 11.9 Å². The van der Waals surface area contributed by atoms with E-state index in [1.165, 1.54) is 0 Å². The first-order chi connectivity index (χ1) is 14.6. The molecule has 152 valence electrons. The lowest BCUT2D eigenvalue weighted by Gasteiger charge is -2.18. The summed E-state index contributed by atoms with van der Waals surface area (Å²) in [6, 6.07) is 28.6. The Hall–Kier alpha value is -3.73. The molecule has 3 rings (SSSR count). The Morgan fingerprint density at radius 2 is 1.30 bits per heavy atom. The van der Waals surface area contributed by atoms with Crippen molar-refractivity contribution in [2.45, 2.75) is 19.3 Å². The number of amides is 2. The highest BCUT2D eigenvalue weighted by Crippen LogP contribution is 2.24. The fraction of sp³-hybridized carbons (Fsp3) is 0.160. The SMILES string of the molecule is CC(CC(=O)N(C)c1ccccc1)=NNC(=O)C(c1ccccc1)c1ccccc1. The Morgan fingerprint density at radius 3 is 1.80 bits per heavy atom. The van der Waals surface area contributed by atoms with Crippen molar-refractivity contribution in [1.82, 2.24) is 5.43 Å². The lowest BCUT2D eigenvalue weighted by Crippen LogP contribution is -2.30. The predicted octanol–water partition coefficient (Wildman–Crippen LogP) is 4.36. The molecule has 1 N–H and O–H groups in total. The number of hydrazone groups is 1. The third-order valence-corrected chi connectivity index (χ3v) is 4.81. The van der Waals surface area contributed by atoms with Crippen LogP contribution in [0.5, 0.6) is 0 Å². The van der Waals surface area contributed by atoms with Crippen LogP contribution in [0.15, 0.2) is 96.1 Å². The van der Waals surface area contributed by atoms with Crippen LogP contribution in [0.25, 0.3) is 0 Å². The Kier molecular flexibility index (Phi) is 7.11. The molecule has 0 aromatic heterocycles. The summed E-state index contributed by atoms with van der Waals surface area (Å²) in [5.41, 5.74) is 5.76. The summed E-state index contributed by atoms with van der Waals surface area (Å²) in [5, 5.41) is 4.18. The maximum atomic E-state index is 13.0. The van der Waals surface area contributed by atoms with Crippen molar-refractivity contribution in [1.29, 1.82) is 0 Å². The monoisotopic (exact) mass is 399 g/mol. The molecule has 5 heteroatoms. The molecule has 0 spiro atoms. The number of carbonyl (C=O) groups excluding carboxylic acids is 2. The van der Waals surface area contributed by atoms with Gasteiger partial charge in [-0.05, 0) is 30.2 Å². The first-order valence-electron chi connectivity index (χ1n) is 9.81. The van der Waals surface area contributed by atoms with E-state index < -0.39 is 5.92 Å². The zero-order valence-electron chi connectivity index (χ0n) is 17.2. The molecule has 0 unspecified atom stereocenters. The van der Waals surface area contributed by atoms with E-state index in [0.29, 0.717) is 5.71 Å². The predicted molar refractivity (Wildman–Crippen MR) is 120 cm³/mol. The summed E-state index contributed by atoms with van der Waals surface area (Å²) >= 11 is 0. The zero-order chi connectivity index (χ0) is 21.3. The number of nitrogens with one attached hydrogen (secondary N) is 1. The van der Waals surface area contributed by atoms with E-state index >= 15 is 0 Å². The van der Waals surface area contributed by atoms with Crippen molar-refractivity contribution in [3.05, 3.63) is 102 Å². The molecule has 0 radical (unpaired) electrons. The van der Waals surface area contributed by atoms with Gasteiger partial charge in [0, 0.05) is 18.4 Å². The second-order valence-electron chi connectivity index (χ2n) is 7.04. The zero-order valence-corrected chi connectivity index (χ0v) is 17.2. The standard InChI is InChI=1S/C25H25N3O2/c1-19(18-23(29)28(2)22-16-10-5-11-17-22)26-27-25(30)24(20-12-6-3-7-13-20)21-14-8-4-9-15-21/h3-17,24H,18H2,1-2H3,(H,27,30). The third-order valence-electron chi connectivity index (χ3n) is 4.81.